The maximum atomic E-state index is 3.68. The molecule has 1 saturated heterocycles. The molecule has 0 aromatic heterocycles. The first-order chi connectivity index (χ1) is 8.16. The molecule has 1 heterocycles. The second kappa shape index (κ2) is 6.19. The van der Waals surface area contributed by atoms with Crippen molar-refractivity contribution in [2.45, 2.75) is 65.0 Å². The Morgan fingerprint density at radius 2 is 1.88 bits per heavy atom. The van der Waals surface area contributed by atoms with Crippen LogP contribution in [0.15, 0.2) is 0 Å². The fraction of sp³-hybridized carbons (Fsp3) is 1.00. The predicted octanol–water partition coefficient (Wildman–Crippen LogP) is 2.89. The van der Waals surface area contributed by atoms with Crippen LogP contribution < -0.4 is 5.32 Å². The van der Waals surface area contributed by atoms with Gasteiger partial charge in [-0.3, -0.25) is 4.90 Å². The maximum absolute atomic E-state index is 3.68. The molecule has 100 valence electrons. The first-order valence-corrected chi connectivity index (χ1v) is 7.64. The number of piperazine rings is 1. The molecule has 2 heteroatoms. The summed E-state index contributed by atoms with van der Waals surface area (Å²) in [5.41, 5.74) is 0. The zero-order valence-electron chi connectivity index (χ0n) is 11.9. The molecule has 1 N–H and O–H groups in total. The van der Waals surface area contributed by atoms with Gasteiger partial charge in [-0.15, -0.1) is 0 Å². The van der Waals surface area contributed by atoms with Gasteiger partial charge in [0.1, 0.15) is 0 Å². The summed E-state index contributed by atoms with van der Waals surface area (Å²) in [5, 5.41) is 3.68. The van der Waals surface area contributed by atoms with Gasteiger partial charge < -0.3 is 5.32 Å². The fourth-order valence-electron chi connectivity index (χ4n) is 3.69. The van der Waals surface area contributed by atoms with E-state index in [0.717, 1.165) is 23.9 Å². The third kappa shape index (κ3) is 3.69. The van der Waals surface area contributed by atoms with Crippen molar-refractivity contribution in [2.24, 2.45) is 11.8 Å². The van der Waals surface area contributed by atoms with Crippen LogP contribution >= 0.6 is 0 Å². The van der Waals surface area contributed by atoms with Crippen molar-refractivity contribution in [2.75, 3.05) is 19.6 Å². The Balaban J connectivity index is 1.83. The van der Waals surface area contributed by atoms with E-state index < -0.39 is 0 Å². The van der Waals surface area contributed by atoms with Crippen molar-refractivity contribution in [3.05, 3.63) is 0 Å². The van der Waals surface area contributed by atoms with E-state index in [1.807, 2.05) is 0 Å². The molecular formula is C15H30N2. The molecule has 2 atom stereocenters. The van der Waals surface area contributed by atoms with E-state index in [1.54, 1.807) is 0 Å². The average molecular weight is 238 g/mol. The molecule has 2 fully saturated rings. The van der Waals surface area contributed by atoms with Crippen LogP contribution in [0, 0.1) is 11.8 Å². The summed E-state index contributed by atoms with van der Waals surface area (Å²) < 4.78 is 0. The lowest BCUT2D eigenvalue weighted by Gasteiger charge is -2.40. The smallest absolute Gasteiger partial charge is 0.0198 e. The van der Waals surface area contributed by atoms with Crippen LogP contribution in [0.3, 0.4) is 0 Å². The molecule has 0 radical (unpaired) electrons. The summed E-state index contributed by atoms with van der Waals surface area (Å²) in [7, 11) is 0. The van der Waals surface area contributed by atoms with Crippen LogP contribution in [-0.2, 0) is 0 Å². The normalized spacial score (nSPS) is 30.0. The molecule has 17 heavy (non-hydrogen) atoms. The lowest BCUT2D eigenvalue weighted by Crippen LogP contribution is -2.54. The Kier molecular flexibility index (Phi) is 4.87. The van der Waals surface area contributed by atoms with E-state index in [9.17, 15) is 0 Å². The Bertz CT molecular complexity index is 221. The minimum Gasteiger partial charge on any atom is -0.311 e. The Labute approximate surface area is 107 Å². The molecule has 2 rings (SSSR count). The van der Waals surface area contributed by atoms with Crippen LogP contribution in [0.1, 0.15) is 52.9 Å². The molecule has 0 bridgehead atoms. The Hall–Kier alpha value is -0.0800. The highest BCUT2D eigenvalue weighted by Crippen LogP contribution is 2.30. The van der Waals surface area contributed by atoms with Gasteiger partial charge in [-0.25, -0.2) is 0 Å². The summed E-state index contributed by atoms with van der Waals surface area (Å²) in [6.45, 7) is 10.9. The fourth-order valence-corrected chi connectivity index (χ4v) is 3.69. The van der Waals surface area contributed by atoms with Gasteiger partial charge in [-0.1, -0.05) is 26.7 Å². The molecular weight excluding hydrogens is 208 g/mol. The summed E-state index contributed by atoms with van der Waals surface area (Å²) in [5.74, 6) is 1.79. The molecule has 2 unspecified atom stereocenters. The van der Waals surface area contributed by atoms with Crippen LogP contribution in [0.5, 0.6) is 0 Å². The Morgan fingerprint density at radius 1 is 1.18 bits per heavy atom. The number of hydrogen-bond acceptors (Lipinski definition) is 2. The van der Waals surface area contributed by atoms with Crippen molar-refractivity contribution in [1.82, 2.24) is 10.2 Å². The van der Waals surface area contributed by atoms with E-state index >= 15 is 0 Å². The van der Waals surface area contributed by atoms with E-state index in [0.29, 0.717) is 0 Å². The minimum atomic E-state index is 0.729. The number of nitrogens with zero attached hydrogens (tertiary/aromatic N) is 1. The van der Waals surface area contributed by atoms with Gasteiger partial charge in [0, 0.05) is 31.7 Å². The second-order valence-corrected chi connectivity index (χ2v) is 6.56. The first-order valence-electron chi connectivity index (χ1n) is 7.64. The topological polar surface area (TPSA) is 15.3 Å². The average Bonchev–Trinajstić information content (AvgIpc) is 2.81. The standard InChI is InChI=1S/C15H30N2/c1-12(2)10-15-11-17(9-8-16-15)13(3)14-6-4-5-7-14/h12-16H,4-11H2,1-3H3. The van der Waals surface area contributed by atoms with Gasteiger partial charge in [-0.2, -0.15) is 0 Å². The SMILES string of the molecule is CC(C)CC1CN(C(C)C2CCCC2)CCN1. The number of nitrogens with one attached hydrogen (secondary N) is 1. The first kappa shape index (κ1) is 13.4. The summed E-state index contributed by atoms with van der Waals surface area (Å²) >= 11 is 0. The van der Waals surface area contributed by atoms with Crippen molar-refractivity contribution in [3.63, 3.8) is 0 Å². The van der Waals surface area contributed by atoms with Crippen molar-refractivity contribution in [3.8, 4) is 0 Å². The van der Waals surface area contributed by atoms with Crippen molar-refractivity contribution in [1.29, 1.82) is 0 Å². The van der Waals surface area contributed by atoms with Gasteiger partial charge in [0.05, 0.1) is 0 Å². The van der Waals surface area contributed by atoms with Gasteiger partial charge in [0.2, 0.25) is 0 Å². The third-order valence-corrected chi connectivity index (χ3v) is 4.70. The molecule has 1 aliphatic heterocycles. The summed E-state index contributed by atoms with van der Waals surface area (Å²) in [4.78, 5) is 2.75. The van der Waals surface area contributed by atoms with Gasteiger partial charge in [0.25, 0.3) is 0 Å². The lowest BCUT2D eigenvalue weighted by molar-refractivity contribution is 0.108. The van der Waals surface area contributed by atoms with E-state index in [2.05, 4.69) is 31.0 Å². The van der Waals surface area contributed by atoms with E-state index in [4.69, 9.17) is 0 Å². The minimum absolute atomic E-state index is 0.729. The molecule has 2 aliphatic rings. The summed E-state index contributed by atoms with van der Waals surface area (Å²) in [6.07, 6.45) is 7.21. The monoisotopic (exact) mass is 238 g/mol. The number of hydrogen-bond donors (Lipinski definition) is 1. The van der Waals surface area contributed by atoms with Crippen molar-refractivity contribution < 1.29 is 0 Å². The molecule has 2 nitrogen and oxygen atoms in total. The van der Waals surface area contributed by atoms with Gasteiger partial charge >= 0.3 is 0 Å². The zero-order valence-corrected chi connectivity index (χ0v) is 11.9. The maximum Gasteiger partial charge on any atom is 0.0198 e. The third-order valence-electron chi connectivity index (χ3n) is 4.70. The van der Waals surface area contributed by atoms with Crippen LogP contribution in [-0.4, -0.2) is 36.6 Å². The highest BCUT2D eigenvalue weighted by Gasteiger charge is 2.29. The van der Waals surface area contributed by atoms with Crippen LogP contribution in [0.2, 0.25) is 0 Å². The van der Waals surface area contributed by atoms with E-state index in [1.165, 1.54) is 51.7 Å². The van der Waals surface area contributed by atoms with Crippen molar-refractivity contribution >= 4 is 0 Å². The van der Waals surface area contributed by atoms with Crippen LogP contribution in [0.4, 0.5) is 0 Å². The Morgan fingerprint density at radius 3 is 2.53 bits per heavy atom. The number of rotatable bonds is 4. The second-order valence-electron chi connectivity index (χ2n) is 6.56. The molecule has 0 amide bonds. The molecule has 1 saturated carbocycles. The largest absolute Gasteiger partial charge is 0.311 e. The van der Waals surface area contributed by atoms with E-state index in [-0.39, 0.29) is 0 Å². The van der Waals surface area contributed by atoms with Gasteiger partial charge in [0.15, 0.2) is 0 Å². The highest BCUT2D eigenvalue weighted by atomic mass is 15.2. The van der Waals surface area contributed by atoms with Crippen LogP contribution in [0.25, 0.3) is 0 Å². The van der Waals surface area contributed by atoms with Gasteiger partial charge in [-0.05, 0) is 38.0 Å². The molecule has 0 aromatic carbocycles. The lowest BCUT2D eigenvalue weighted by atomic mass is 9.95. The highest BCUT2D eigenvalue weighted by molar-refractivity contribution is 4.86. The molecule has 0 spiro atoms. The molecule has 1 aliphatic carbocycles. The predicted molar refractivity (Wildman–Crippen MR) is 74.2 cm³/mol. The zero-order chi connectivity index (χ0) is 12.3. The quantitative estimate of drug-likeness (QED) is 0.810. The summed E-state index contributed by atoms with van der Waals surface area (Å²) in [6, 6.07) is 1.54. The molecule has 0 aromatic rings.